The summed E-state index contributed by atoms with van der Waals surface area (Å²) in [7, 11) is 0. The van der Waals surface area contributed by atoms with E-state index in [0.717, 1.165) is 49.8 Å². The molecule has 3 N–H and O–H groups in total. The van der Waals surface area contributed by atoms with Gasteiger partial charge < -0.3 is 15.7 Å². The summed E-state index contributed by atoms with van der Waals surface area (Å²) in [5.74, 6) is 0.284. The zero-order valence-electron chi connectivity index (χ0n) is 12.2. The third-order valence-electron chi connectivity index (χ3n) is 5.57. The van der Waals surface area contributed by atoms with Crippen molar-refractivity contribution in [2.75, 3.05) is 5.73 Å². The number of hydrogen-bond acceptors (Lipinski definition) is 3. The normalized spacial score (nSPS) is 33.0. The van der Waals surface area contributed by atoms with Gasteiger partial charge >= 0.3 is 0 Å². The maximum atomic E-state index is 13.1. The zero-order chi connectivity index (χ0) is 14.6. The molecular weight excluding hydrogens is 264 g/mol. The molecule has 21 heavy (non-hydrogen) atoms. The Balaban J connectivity index is 1.62. The van der Waals surface area contributed by atoms with Crippen LogP contribution >= 0.6 is 0 Å². The van der Waals surface area contributed by atoms with Crippen molar-refractivity contribution < 1.29 is 9.90 Å². The number of carbonyl (C=O) groups is 1. The van der Waals surface area contributed by atoms with Gasteiger partial charge in [-0.05, 0) is 56.2 Å². The summed E-state index contributed by atoms with van der Waals surface area (Å²) in [6, 6.07) is 8.27. The van der Waals surface area contributed by atoms with E-state index in [0.29, 0.717) is 0 Å². The molecule has 2 bridgehead atoms. The van der Waals surface area contributed by atoms with E-state index in [1.165, 1.54) is 0 Å². The number of aliphatic hydroxyl groups is 1. The van der Waals surface area contributed by atoms with Crippen LogP contribution in [0.2, 0.25) is 0 Å². The van der Waals surface area contributed by atoms with Crippen molar-refractivity contribution in [3.05, 3.63) is 29.8 Å². The van der Waals surface area contributed by atoms with E-state index in [2.05, 4.69) is 4.90 Å². The van der Waals surface area contributed by atoms with Gasteiger partial charge in [0.15, 0.2) is 0 Å². The standard InChI is InChI=1S/C17H22N2O2/c18-12-3-1-11(2-4-12)17(7-8-17)16(21)19-13-5-6-14(19)10-15(20)9-13/h1-4,13-15,20H,5-10,18H2. The second-order valence-corrected chi connectivity index (χ2v) is 6.93. The van der Waals surface area contributed by atoms with Gasteiger partial charge in [-0.3, -0.25) is 4.79 Å². The van der Waals surface area contributed by atoms with Gasteiger partial charge in [0.25, 0.3) is 0 Å². The molecule has 1 saturated carbocycles. The Hall–Kier alpha value is -1.55. The van der Waals surface area contributed by atoms with Crippen molar-refractivity contribution in [1.82, 2.24) is 4.90 Å². The van der Waals surface area contributed by atoms with Crippen LogP contribution < -0.4 is 5.73 Å². The quantitative estimate of drug-likeness (QED) is 0.815. The van der Waals surface area contributed by atoms with Crippen LogP contribution in [0, 0.1) is 0 Å². The summed E-state index contributed by atoms with van der Waals surface area (Å²) in [6.07, 6.45) is 5.25. The Morgan fingerprint density at radius 2 is 1.71 bits per heavy atom. The summed E-state index contributed by atoms with van der Waals surface area (Å²) in [4.78, 5) is 15.3. The van der Waals surface area contributed by atoms with E-state index in [1.54, 1.807) is 0 Å². The first-order valence-electron chi connectivity index (χ1n) is 7.97. The second-order valence-electron chi connectivity index (χ2n) is 6.93. The number of carbonyl (C=O) groups excluding carboxylic acids is 1. The third-order valence-corrected chi connectivity index (χ3v) is 5.57. The number of hydrogen-bond donors (Lipinski definition) is 2. The van der Waals surface area contributed by atoms with Gasteiger partial charge in [-0.2, -0.15) is 0 Å². The van der Waals surface area contributed by atoms with Crippen molar-refractivity contribution in [3.63, 3.8) is 0 Å². The van der Waals surface area contributed by atoms with Crippen LogP contribution in [0.5, 0.6) is 0 Å². The summed E-state index contributed by atoms with van der Waals surface area (Å²) in [5, 5.41) is 9.90. The summed E-state index contributed by atoms with van der Waals surface area (Å²) < 4.78 is 0. The molecule has 2 unspecified atom stereocenters. The van der Waals surface area contributed by atoms with Gasteiger partial charge in [0, 0.05) is 17.8 Å². The molecule has 2 aliphatic heterocycles. The highest BCUT2D eigenvalue weighted by atomic mass is 16.3. The van der Waals surface area contributed by atoms with Crippen LogP contribution in [0.3, 0.4) is 0 Å². The van der Waals surface area contributed by atoms with E-state index < -0.39 is 0 Å². The van der Waals surface area contributed by atoms with Gasteiger partial charge in [-0.15, -0.1) is 0 Å². The predicted octanol–water partition coefficient (Wildman–Crippen LogP) is 1.81. The van der Waals surface area contributed by atoms with Crippen molar-refractivity contribution in [3.8, 4) is 0 Å². The highest BCUT2D eigenvalue weighted by Gasteiger charge is 2.56. The molecule has 0 aromatic heterocycles. The molecule has 1 aromatic rings. The Labute approximate surface area is 124 Å². The van der Waals surface area contributed by atoms with E-state index in [4.69, 9.17) is 5.73 Å². The number of aliphatic hydroxyl groups excluding tert-OH is 1. The topological polar surface area (TPSA) is 66.6 Å². The fraction of sp³-hybridized carbons (Fsp3) is 0.588. The first kappa shape index (κ1) is 13.1. The van der Waals surface area contributed by atoms with Crippen molar-refractivity contribution in [1.29, 1.82) is 0 Å². The average Bonchev–Trinajstić information content (AvgIpc) is 3.21. The molecular formula is C17H22N2O2. The fourth-order valence-corrected chi connectivity index (χ4v) is 4.28. The maximum Gasteiger partial charge on any atom is 0.233 e. The third kappa shape index (κ3) is 1.96. The van der Waals surface area contributed by atoms with Gasteiger partial charge in [0.1, 0.15) is 0 Å². The monoisotopic (exact) mass is 286 g/mol. The van der Waals surface area contributed by atoms with Gasteiger partial charge in [-0.1, -0.05) is 12.1 Å². The SMILES string of the molecule is Nc1ccc(C2(C(=O)N3C4CCC3CC(O)C4)CC2)cc1. The summed E-state index contributed by atoms with van der Waals surface area (Å²) >= 11 is 0. The van der Waals surface area contributed by atoms with E-state index in [9.17, 15) is 9.90 Å². The van der Waals surface area contributed by atoms with Crippen LogP contribution in [0.25, 0.3) is 0 Å². The highest BCUT2D eigenvalue weighted by Crippen LogP contribution is 2.52. The molecule has 112 valence electrons. The fourth-order valence-electron chi connectivity index (χ4n) is 4.28. The van der Waals surface area contributed by atoms with Crippen LogP contribution in [0.4, 0.5) is 5.69 Å². The molecule has 1 aliphatic carbocycles. The van der Waals surface area contributed by atoms with Gasteiger partial charge in [0.2, 0.25) is 5.91 Å². The first-order valence-corrected chi connectivity index (χ1v) is 7.97. The number of nitrogen functional groups attached to an aromatic ring is 1. The van der Waals surface area contributed by atoms with Crippen LogP contribution in [-0.4, -0.2) is 34.1 Å². The number of benzene rings is 1. The lowest BCUT2D eigenvalue weighted by atomic mass is 9.91. The zero-order valence-corrected chi connectivity index (χ0v) is 12.2. The van der Waals surface area contributed by atoms with E-state index >= 15 is 0 Å². The molecule has 2 atom stereocenters. The number of amides is 1. The molecule has 0 radical (unpaired) electrons. The van der Waals surface area contributed by atoms with E-state index in [-0.39, 0.29) is 29.5 Å². The minimum absolute atomic E-state index is 0.224. The highest BCUT2D eigenvalue weighted by molar-refractivity contribution is 5.92. The van der Waals surface area contributed by atoms with Crippen LogP contribution in [0.15, 0.2) is 24.3 Å². The van der Waals surface area contributed by atoms with Crippen LogP contribution in [-0.2, 0) is 10.2 Å². The van der Waals surface area contributed by atoms with Gasteiger partial charge in [0.05, 0.1) is 11.5 Å². The molecule has 1 amide bonds. The lowest BCUT2D eigenvalue weighted by Crippen LogP contribution is -2.51. The Morgan fingerprint density at radius 1 is 1.14 bits per heavy atom. The number of fused-ring (bicyclic) bond motifs is 2. The maximum absolute atomic E-state index is 13.1. The number of piperidine rings is 1. The minimum Gasteiger partial charge on any atom is -0.399 e. The number of nitrogens with zero attached hydrogens (tertiary/aromatic N) is 1. The molecule has 1 aromatic carbocycles. The summed E-state index contributed by atoms with van der Waals surface area (Å²) in [5.41, 5.74) is 7.29. The Bertz CT molecular complexity index is 551. The van der Waals surface area contributed by atoms with Crippen LogP contribution in [0.1, 0.15) is 44.1 Å². The molecule has 3 fully saturated rings. The molecule has 0 spiro atoms. The molecule has 4 heteroatoms. The first-order chi connectivity index (χ1) is 10.1. The van der Waals surface area contributed by atoms with Gasteiger partial charge in [-0.25, -0.2) is 0 Å². The Morgan fingerprint density at radius 3 is 2.24 bits per heavy atom. The van der Waals surface area contributed by atoms with Crippen molar-refractivity contribution in [2.24, 2.45) is 0 Å². The summed E-state index contributed by atoms with van der Waals surface area (Å²) in [6.45, 7) is 0. The predicted molar refractivity (Wildman–Crippen MR) is 80.7 cm³/mol. The smallest absolute Gasteiger partial charge is 0.233 e. The van der Waals surface area contributed by atoms with E-state index in [1.807, 2.05) is 24.3 Å². The van der Waals surface area contributed by atoms with Crippen molar-refractivity contribution in [2.45, 2.75) is 62.1 Å². The lowest BCUT2D eigenvalue weighted by molar-refractivity contribution is -0.140. The number of rotatable bonds is 2. The van der Waals surface area contributed by atoms with Crippen molar-refractivity contribution >= 4 is 11.6 Å². The average molecular weight is 286 g/mol. The molecule has 4 nitrogen and oxygen atoms in total. The Kier molecular flexibility index (Phi) is 2.80. The number of anilines is 1. The molecule has 3 aliphatic rings. The molecule has 2 saturated heterocycles. The minimum atomic E-state index is -0.309. The molecule has 2 heterocycles. The number of nitrogens with two attached hydrogens (primary N) is 1. The largest absolute Gasteiger partial charge is 0.399 e. The second kappa shape index (κ2) is 4.47. The lowest BCUT2D eigenvalue weighted by Gasteiger charge is -2.39. The molecule has 4 rings (SSSR count).